The van der Waals surface area contributed by atoms with Crippen LogP contribution >= 0.6 is 11.8 Å². The highest BCUT2D eigenvalue weighted by atomic mass is 32.2. The normalized spacial score (nSPS) is 15.3. The SMILES string of the molecule is COc1ccc(NC2=NC(=NCC(C)=O)S2)cc1OC. The summed E-state index contributed by atoms with van der Waals surface area (Å²) in [5.74, 6) is 1.34. The number of anilines is 1. The highest BCUT2D eigenvalue weighted by Crippen LogP contribution is 2.31. The van der Waals surface area contributed by atoms with Crippen LogP contribution in [0.1, 0.15) is 6.92 Å². The van der Waals surface area contributed by atoms with Crippen LogP contribution in [-0.2, 0) is 4.79 Å². The Hall–Kier alpha value is -2.02. The number of rotatable bonds is 5. The van der Waals surface area contributed by atoms with E-state index >= 15 is 0 Å². The van der Waals surface area contributed by atoms with Crippen molar-refractivity contribution < 1.29 is 14.3 Å². The van der Waals surface area contributed by atoms with E-state index < -0.39 is 0 Å². The van der Waals surface area contributed by atoms with Gasteiger partial charge >= 0.3 is 0 Å². The second-order valence-electron chi connectivity index (χ2n) is 4.01. The third-order valence-electron chi connectivity index (χ3n) is 2.46. The van der Waals surface area contributed by atoms with E-state index in [-0.39, 0.29) is 12.3 Å². The second kappa shape index (κ2) is 6.42. The zero-order valence-electron chi connectivity index (χ0n) is 11.5. The lowest BCUT2D eigenvalue weighted by Gasteiger charge is -2.17. The van der Waals surface area contributed by atoms with Gasteiger partial charge < -0.3 is 14.8 Å². The number of carbonyl (C=O) groups is 1. The van der Waals surface area contributed by atoms with Crippen LogP contribution in [0.15, 0.2) is 28.2 Å². The molecule has 0 atom stereocenters. The zero-order chi connectivity index (χ0) is 14.5. The molecule has 1 aromatic carbocycles. The Bertz CT molecular complexity index is 584. The fourth-order valence-electron chi connectivity index (χ4n) is 1.52. The van der Waals surface area contributed by atoms with Crippen molar-refractivity contribution in [3.8, 4) is 11.5 Å². The molecule has 0 aliphatic carbocycles. The molecule has 0 fully saturated rings. The smallest absolute Gasteiger partial charge is 0.193 e. The minimum absolute atomic E-state index is 0.0228. The summed E-state index contributed by atoms with van der Waals surface area (Å²) in [5.41, 5.74) is 0.847. The van der Waals surface area contributed by atoms with E-state index in [9.17, 15) is 4.79 Å². The van der Waals surface area contributed by atoms with Gasteiger partial charge in [0.15, 0.2) is 27.6 Å². The maximum absolute atomic E-state index is 10.8. The number of aliphatic imine (C=N–C) groups is 2. The molecule has 0 aromatic heterocycles. The summed E-state index contributed by atoms with van der Waals surface area (Å²) in [5, 5.41) is 4.48. The van der Waals surface area contributed by atoms with E-state index in [4.69, 9.17) is 9.47 Å². The Morgan fingerprint density at radius 3 is 2.65 bits per heavy atom. The summed E-state index contributed by atoms with van der Waals surface area (Å²) < 4.78 is 10.4. The molecular formula is C13H15N3O3S. The molecule has 6 nitrogen and oxygen atoms in total. The van der Waals surface area contributed by atoms with Crippen molar-refractivity contribution >= 4 is 33.6 Å². The summed E-state index contributed by atoms with van der Waals surface area (Å²) in [6.45, 7) is 1.68. The Balaban J connectivity index is 2.00. The van der Waals surface area contributed by atoms with Crippen molar-refractivity contribution in [2.75, 3.05) is 26.1 Å². The van der Waals surface area contributed by atoms with Gasteiger partial charge in [-0.3, -0.25) is 9.79 Å². The van der Waals surface area contributed by atoms with Crippen molar-refractivity contribution in [2.45, 2.75) is 6.92 Å². The van der Waals surface area contributed by atoms with E-state index in [2.05, 4.69) is 15.3 Å². The van der Waals surface area contributed by atoms with E-state index in [0.717, 1.165) is 10.9 Å². The van der Waals surface area contributed by atoms with Crippen LogP contribution in [0.25, 0.3) is 0 Å². The fraction of sp³-hybridized carbons (Fsp3) is 0.308. The van der Waals surface area contributed by atoms with Gasteiger partial charge in [0.05, 0.1) is 14.2 Å². The number of nitrogens with one attached hydrogen (secondary N) is 1. The first-order chi connectivity index (χ1) is 9.62. The number of thioether (sulfide) groups is 1. The van der Waals surface area contributed by atoms with Crippen LogP contribution in [0.3, 0.4) is 0 Å². The van der Waals surface area contributed by atoms with Crippen molar-refractivity contribution in [3.63, 3.8) is 0 Å². The van der Waals surface area contributed by atoms with E-state index in [1.807, 2.05) is 18.2 Å². The molecule has 0 amide bonds. The summed E-state index contributed by atoms with van der Waals surface area (Å²) >= 11 is 1.40. The number of Topliss-reactive ketones (excluding diaryl/α,β-unsaturated/α-hetero) is 1. The van der Waals surface area contributed by atoms with Gasteiger partial charge in [-0.1, -0.05) is 0 Å². The van der Waals surface area contributed by atoms with Crippen molar-refractivity contribution in [2.24, 2.45) is 9.98 Å². The highest BCUT2D eigenvalue weighted by molar-refractivity contribution is 8.29. The molecule has 1 heterocycles. The van der Waals surface area contributed by atoms with Gasteiger partial charge in [0.25, 0.3) is 0 Å². The molecule has 20 heavy (non-hydrogen) atoms. The number of hydrogen-bond acceptors (Lipinski definition) is 6. The Morgan fingerprint density at radius 1 is 1.35 bits per heavy atom. The molecular weight excluding hydrogens is 278 g/mol. The number of ether oxygens (including phenoxy) is 2. The minimum atomic E-state index is 0.0228. The minimum Gasteiger partial charge on any atom is -0.493 e. The quantitative estimate of drug-likeness (QED) is 0.900. The predicted molar refractivity (Wildman–Crippen MR) is 81.2 cm³/mol. The largest absolute Gasteiger partial charge is 0.493 e. The molecule has 1 aliphatic heterocycles. The standard InChI is InChI=1S/C13H15N3O3S/c1-8(17)7-14-12-16-13(20-12)15-9-4-5-10(18-2)11(6-9)19-3/h4-6H,7H2,1-3H3,(H,14,15,16). The third-order valence-corrected chi connectivity index (χ3v) is 3.25. The van der Waals surface area contributed by atoms with Crippen molar-refractivity contribution in [3.05, 3.63) is 18.2 Å². The maximum Gasteiger partial charge on any atom is 0.193 e. The van der Waals surface area contributed by atoms with Crippen molar-refractivity contribution in [1.29, 1.82) is 0 Å². The van der Waals surface area contributed by atoms with Gasteiger partial charge in [-0.15, -0.1) is 0 Å². The third kappa shape index (κ3) is 3.51. The fourth-order valence-corrected chi connectivity index (χ4v) is 2.13. The van der Waals surface area contributed by atoms with Crippen LogP contribution in [0.2, 0.25) is 0 Å². The van der Waals surface area contributed by atoms with Crippen LogP contribution in [-0.4, -0.2) is 36.9 Å². The predicted octanol–water partition coefficient (Wildman–Crippen LogP) is 2.16. The number of carbonyl (C=O) groups excluding carboxylic acids is 1. The van der Waals surface area contributed by atoms with Gasteiger partial charge in [-0.05, 0) is 30.8 Å². The number of methoxy groups -OCH3 is 2. The average Bonchev–Trinajstić information content (AvgIpc) is 2.40. The molecule has 0 unspecified atom stereocenters. The molecule has 1 aliphatic rings. The molecule has 1 aromatic rings. The van der Waals surface area contributed by atoms with Crippen molar-refractivity contribution in [1.82, 2.24) is 0 Å². The highest BCUT2D eigenvalue weighted by Gasteiger charge is 2.18. The van der Waals surface area contributed by atoms with Crippen LogP contribution in [0, 0.1) is 0 Å². The monoisotopic (exact) mass is 293 g/mol. The molecule has 0 saturated heterocycles. The summed E-state index contributed by atoms with van der Waals surface area (Å²) in [7, 11) is 3.18. The lowest BCUT2D eigenvalue weighted by molar-refractivity contribution is -0.115. The second-order valence-corrected chi connectivity index (χ2v) is 4.97. The lowest BCUT2D eigenvalue weighted by atomic mass is 10.3. The van der Waals surface area contributed by atoms with Gasteiger partial charge in [-0.25, -0.2) is 0 Å². The molecule has 1 N–H and O–H groups in total. The van der Waals surface area contributed by atoms with Crippen LogP contribution in [0.5, 0.6) is 11.5 Å². The molecule has 0 saturated carbocycles. The van der Waals surface area contributed by atoms with Gasteiger partial charge in [0.2, 0.25) is 0 Å². The molecule has 2 rings (SSSR count). The first-order valence-electron chi connectivity index (χ1n) is 5.92. The number of benzene rings is 1. The summed E-state index contributed by atoms with van der Waals surface area (Å²) in [4.78, 5) is 19.0. The van der Waals surface area contributed by atoms with Gasteiger partial charge in [0, 0.05) is 11.8 Å². The molecule has 0 bridgehead atoms. The zero-order valence-corrected chi connectivity index (χ0v) is 12.3. The first kappa shape index (κ1) is 14.4. The Labute approximate surface area is 121 Å². The maximum atomic E-state index is 10.8. The summed E-state index contributed by atoms with van der Waals surface area (Å²) in [6, 6.07) is 5.51. The van der Waals surface area contributed by atoms with E-state index in [0.29, 0.717) is 16.7 Å². The summed E-state index contributed by atoms with van der Waals surface area (Å²) in [6.07, 6.45) is 0. The van der Waals surface area contributed by atoms with Crippen LogP contribution < -0.4 is 14.8 Å². The van der Waals surface area contributed by atoms with E-state index in [1.165, 1.54) is 18.7 Å². The molecule has 0 radical (unpaired) electrons. The molecule has 0 spiro atoms. The molecule has 106 valence electrons. The number of nitrogens with zero attached hydrogens (tertiary/aromatic N) is 2. The Morgan fingerprint density at radius 2 is 2.05 bits per heavy atom. The van der Waals surface area contributed by atoms with Gasteiger partial charge in [0.1, 0.15) is 6.54 Å². The van der Waals surface area contributed by atoms with E-state index in [1.54, 1.807) is 14.2 Å². The average molecular weight is 293 g/mol. The number of ketones is 1. The number of hydrogen-bond donors (Lipinski definition) is 1. The Kier molecular flexibility index (Phi) is 4.62. The molecule has 7 heteroatoms. The lowest BCUT2D eigenvalue weighted by Crippen LogP contribution is -2.20. The van der Waals surface area contributed by atoms with Gasteiger partial charge in [-0.2, -0.15) is 4.99 Å². The first-order valence-corrected chi connectivity index (χ1v) is 6.73. The topological polar surface area (TPSA) is 72.3 Å². The van der Waals surface area contributed by atoms with Crippen LogP contribution in [0.4, 0.5) is 5.69 Å². The number of amidine groups is 2.